The summed E-state index contributed by atoms with van der Waals surface area (Å²) in [6.45, 7) is 3.87. The van der Waals surface area contributed by atoms with Crippen LogP contribution in [0.1, 0.15) is 29.8 Å². The fourth-order valence-corrected chi connectivity index (χ4v) is 3.01. The minimum atomic E-state index is -0.812. The van der Waals surface area contributed by atoms with Crippen LogP contribution in [0.5, 0.6) is 0 Å². The zero-order valence-electron chi connectivity index (χ0n) is 14.1. The van der Waals surface area contributed by atoms with Crippen molar-refractivity contribution in [2.24, 2.45) is 0 Å². The molecule has 0 aliphatic rings. The lowest BCUT2D eigenvalue weighted by molar-refractivity contribution is -0.128. The molecule has 0 radical (unpaired) electrons. The quantitative estimate of drug-likeness (QED) is 0.577. The molecule has 0 aliphatic heterocycles. The summed E-state index contributed by atoms with van der Waals surface area (Å²) < 4.78 is 5.16. The fraction of sp³-hybridized carbons (Fsp3) is 0.263. The molecule has 0 aromatic heterocycles. The number of carbonyl (C=O) groups is 2. The van der Waals surface area contributed by atoms with Crippen molar-refractivity contribution < 1.29 is 14.3 Å². The third-order valence-corrected chi connectivity index (χ3v) is 4.75. The topological polar surface area (TPSA) is 55.4 Å². The molecule has 6 heteroatoms. The van der Waals surface area contributed by atoms with Crippen molar-refractivity contribution in [1.29, 1.82) is 0 Å². The van der Waals surface area contributed by atoms with Crippen molar-refractivity contribution in [2.75, 3.05) is 6.54 Å². The van der Waals surface area contributed by atoms with E-state index in [2.05, 4.69) is 5.32 Å². The molecule has 1 atom stereocenters. The van der Waals surface area contributed by atoms with Crippen LogP contribution in [0.4, 0.5) is 0 Å². The van der Waals surface area contributed by atoms with E-state index in [1.165, 1.54) is 0 Å². The maximum absolute atomic E-state index is 12.1. The van der Waals surface area contributed by atoms with E-state index in [9.17, 15) is 9.59 Å². The molecular formula is C19H20ClNO3S. The third kappa shape index (κ3) is 6.11. The number of likely N-dealkylation sites (N-methyl/N-ethyl adjacent to an activating group) is 1. The highest BCUT2D eigenvalue weighted by atomic mass is 35.5. The van der Waals surface area contributed by atoms with E-state index in [4.69, 9.17) is 16.3 Å². The zero-order chi connectivity index (χ0) is 18.2. The van der Waals surface area contributed by atoms with E-state index in [1.807, 2.05) is 43.3 Å². The largest absolute Gasteiger partial charge is 0.449 e. The number of halogens is 1. The van der Waals surface area contributed by atoms with E-state index >= 15 is 0 Å². The number of ether oxygens (including phenoxy) is 1. The second kappa shape index (κ2) is 9.49. The third-order valence-electron chi connectivity index (χ3n) is 3.41. The van der Waals surface area contributed by atoms with Gasteiger partial charge < -0.3 is 10.1 Å². The van der Waals surface area contributed by atoms with Crippen LogP contribution in [0.2, 0.25) is 5.02 Å². The predicted molar refractivity (Wildman–Crippen MR) is 101 cm³/mol. The standard InChI is InChI=1S/C19H20ClNO3S/c1-3-21-18(22)13(2)24-19(23)15-6-4-14(5-7-15)12-25-17-10-8-16(20)9-11-17/h4-11,13H,3,12H2,1-2H3,(H,21,22)/t13-/m0/s1. The Labute approximate surface area is 156 Å². The fourth-order valence-electron chi connectivity index (χ4n) is 2.03. The summed E-state index contributed by atoms with van der Waals surface area (Å²) >= 11 is 7.56. The van der Waals surface area contributed by atoms with Crippen LogP contribution < -0.4 is 5.32 Å². The Morgan fingerprint density at radius 3 is 2.36 bits per heavy atom. The SMILES string of the molecule is CCNC(=O)[C@H](C)OC(=O)c1ccc(CSc2ccc(Cl)cc2)cc1. The summed E-state index contributed by atoms with van der Waals surface area (Å²) in [6.07, 6.45) is -0.812. The van der Waals surface area contributed by atoms with E-state index in [1.54, 1.807) is 30.8 Å². The van der Waals surface area contributed by atoms with E-state index < -0.39 is 12.1 Å². The van der Waals surface area contributed by atoms with Crippen molar-refractivity contribution in [1.82, 2.24) is 5.32 Å². The number of rotatable bonds is 7. The molecule has 2 rings (SSSR count). The normalized spacial score (nSPS) is 11.6. The van der Waals surface area contributed by atoms with Gasteiger partial charge in [-0.25, -0.2) is 4.79 Å². The van der Waals surface area contributed by atoms with Gasteiger partial charge in [0.2, 0.25) is 0 Å². The molecule has 4 nitrogen and oxygen atoms in total. The number of hydrogen-bond donors (Lipinski definition) is 1. The van der Waals surface area contributed by atoms with Crippen molar-refractivity contribution >= 4 is 35.2 Å². The number of hydrogen-bond acceptors (Lipinski definition) is 4. The van der Waals surface area contributed by atoms with E-state index in [0.717, 1.165) is 16.2 Å². The summed E-state index contributed by atoms with van der Waals surface area (Å²) in [5.74, 6) is -0.0193. The molecule has 0 aliphatic carbocycles. The number of thioether (sulfide) groups is 1. The van der Waals surface area contributed by atoms with Gasteiger partial charge in [-0.2, -0.15) is 0 Å². The molecule has 0 saturated heterocycles. The van der Waals surface area contributed by atoms with Gasteiger partial charge in [0.15, 0.2) is 6.10 Å². The van der Waals surface area contributed by atoms with Gasteiger partial charge in [0.1, 0.15) is 0 Å². The lowest BCUT2D eigenvalue weighted by Crippen LogP contribution is -2.35. The highest BCUT2D eigenvalue weighted by Gasteiger charge is 2.18. The van der Waals surface area contributed by atoms with Crippen LogP contribution in [-0.4, -0.2) is 24.5 Å². The van der Waals surface area contributed by atoms with Gasteiger partial charge in [0, 0.05) is 22.2 Å². The van der Waals surface area contributed by atoms with Crippen molar-refractivity contribution in [3.8, 4) is 0 Å². The molecule has 0 heterocycles. The first-order valence-electron chi connectivity index (χ1n) is 7.95. The molecule has 132 valence electrons. The van der Waals surface area contributed by atoms with Crippen LogP contribution in [0.3, 0.4) is 0 Å². The molecule has 1 amide bonds. The van der Waals surface area contributed by atoms with Gasteiger partial charge in [-0.1, -0.05) is 23.7 Å². The van der Waals surface area contributed by atoms with Crippen molar-refractivity contribution in [3.63, 3.8) is 0 Å². The number of amides is 1. The number of carbonyl (C=O) groups excluding carboxylic acids is 2. The maximum atomic E-state index is 12.1. The summed E-state index contributed by atoms with van der Waals surface area (Å²) in [5.41, 5.74) is 1.52. The van der Waals surface area contributed by atoms with Crippen molar-refractivity contribution in [2.45, 2.75) is 30.6 Å². The smallest absolute Gasteiger partial charge is 0.338 e. The lowest BCUT2D eigenvalue weighted by atomic mass is 10.1. The summed E-state index contributed by atoms with van der Waals surface area (Å²) in [4.78, 5) is 24.8. The Bertz CT molecular complexity index is 716. The Hall–Kier alpha value is -1.98. The predicted octanol–water partition coefficient (Wildman–Crippen LogP) is 4.31. The van der Waals surface area contributed by atoms with Crippen LogP contribution >= 0.6 is 23.4 Å². The number of nitrogens with one attached hydrogen (secondary N) is 1. The molecule has 0 spiro atoms. The first-order valence-corrected chi connectivity index (χ1v) is 9.32. The minimum Gasteiger partial charge on any atom is -0.449 e. The van der Waals surface area contributed by atoms with Crippen LogP contribution in [0.15, 0.2) is 53.4 Å². The van der Waals surface area contributed by atoms with Crippen LogP contribution in [0.25, 0.3) is 0 Å². The first kappa shape index (κ1) is 19.3. The maximum Gasteiger partial charge on any atom is 0.338 e. The van der Waals surface area contributed by atoms with Gasteiger partial charge in [-0.05, 0) is 55.8 Å². The van der Waals surface area contributed by atoms with E-state index in [0.29, 0.717) is 17.1 Å². The Balaban J connectivity index is 1.89. The molecule has 1 N–H and O–H groups in total. The van der Waals surface area contributed by atoms with Gasteiger partial charge in [-0.15, -0.1) is 11.8 Å². The van der Waals surface area contributed by atoms with Gasteiger partial charge >= 0.3 is 5.97 Å². The van der Waals surface area contributed by atoms with Crippen LogP contribution in [0, 0.1) is 0 Å². The Kier molecular flexibility index (Phi) is 7.34. The summed E-state index contributed by atoms with van der Waals surface area (Å²) in [7, 11) is 0. The summed E-state index contributed by atoms with van der Waals surface area (Å²) in [5, 5.41) is 3.34. The average molecular weight is 378 g/mol. The number of esters is 1. The van der Waals surface area contributed by atoms with Gasteiger partial charge in [0.25, 0.3) is 5.91 Å². The van der Waals surface area contributed by atoms with Gasteiger partial charge in [0.05, 0.1) is 5.56 Å². The zero-order valence-corrected chi connectivity index (χ0v) is 15.7. The minimum absolute atomic E-state index is 0.299. The molecular weight excluding hydrogens is 358 g/mol. The second-order valence-electron chi connectivity index (χ2n) is 5.38. The number of benzene rings is 2. The first-order chi connectivity index (χ1) is 12.0. The highest BCUT2D eigenvalue weighted by molar-refractivity contribution is 7.98. The van der Waals surface area contributed by atoms with Crippen LogP contribution in [-0.2, 0) is 15.3 Å². The highest BCUT2D eigenvalue weighted by Crippen LogP contribution is 2.24. The molecule has 2 aromatic carbocycles. The average Bonchev–Trinajstić information content (AvgIpc) is 2.61. The van der Waals surface area contributed by atoms with E-state index in [-0.39, 0.29) is 5.91 Å². The van der Waals surface area contributed by atoms with Gasteiger partial charge in [-0.3, -0.25) is 4.79 Å². The molecule has 25 heavy (non-hydrogen) atoms. The molecule has 0 bridgehead atoms. The second-order valence-corrected chi connectivity index (χ2v) is 6.87. The van der Waals surface area contributed by atoms with Crippen molar-refractivity contribution in [3.05, 3.63) is 64.7 Å². The molecule has 0 saturated carbocycles. The Morgan fingerprint density at radius 1 is 1.12 bits per heavy atom. The summed E-state index contributed by atoms with van der Waals surface area (Å²) in [6, 6.07) is 14.9. The molecule has 0 unspecified atom stereocenters. The molecule has 2 aromatic rings. The molecule has 0 fully saturated rings. The lowest BCUT2D eigenvalue weighted by Gasteiger charge is -2.12. The Morgan fingerprint density at radius 2 is 1.76 bits per heavy atom. The monoisotopic (exact) mass is 377 g/mol.